The molecule has 94 valence electrons. The number of rotatable bonds is 3. The van der Waals surface area contributed by atoms with Gasteiger partial charge < -0.3 is 11.1 Å². The van der Waals surface area contributed by atoms with Crippen molar-refractivity contribution in [2.75, 3.05) is 5.32 Å². The van der Waals surface area contributed by atoms with E-state index >= 15 is 0 Å². The zero-order valence-electron chi connectivity index (χ0n) is 8.98. The van der Waals surface area contributed by atoms with Gasteiger partial charge in [0.25, 0.3) is 5.91 Å². The molecule has 0 aliphatic heterocycles. The van der Waals surface area contributed by atoms with E-state index in [1.807, 2.05) is 0 Å². The largest absolute Gasteiger partial charge is 0.324 e. The second-order valence-electron chi connectivity index (χ2n) is 3.28. The number of hydrogen-bond donors (Lipinski definition) is 2. The van der Waals surface area contributed by atoms with Crippen LogP contribution in [0.25, 0.3) is 0 Å². The van der Waals surface area contributed by atoms with Crippen LogP contribution in [0.3, 0.4) is 0 Å². The average Bonchev–Trinajstić information content (AvgIpc) is 2.81. The van der Waals surface area contributed by atoms with Gasteiger partial charge in [0.15, 0.2) is 0 Å². The molecule has 0 atom stereocenters. The summed E-state index contributed by atoms with van der Waals surface area (Å²) < 4.78 is 26.0. The van der Waals surface area contributed by atoms with Gasteiger partial charge in [-0.1, -0.05) is 11.3 Å². The highest BCUT2D eigenvalue weighted by molar-refractivity contribution is 7.13. The Labute approximate surface area is 105 Å². The van der Waals surface area contributed by atoms with Crippen LogP contribution in [0.15, 0.2) is 18.2 Å². The minimum absolute atomic E-state index is 0.0687. The molecule has 0 unspecified atom stereocenters. The third-order valence-electron chi connectivity index (χ3n) is 2.02. The minimum atomic E-state index is -0.855. The van der Waals surface area contributed by atoms with Gasteiger partial charge in [0.1, 0.15) is 16.6 Å². The number of nitrogens with zero attached hydrogens (tertiary/aromatic N) is 2. The van der Waals surface area contributed by atoms with Crippen LogP contribution in [-0.2, 0) is 6.54 Å². The Morgan fingerprint density at radius 3 is 2.78 bits per heavy atom. The molecule has 1 aromatic carbocycles. The topological polar surface area (TPSA) is 80.9 Å². The average molecular weight is 270 g/mol. The molecule has 0 radical (unpaired) electrons. The van der Waals surface area contributed by atoms with Gasteiger partial charge >= 0.3 is 0 Å². The zero-order valence-corrected chi connectivity index (χ0v) is 9.80. The predicted molar refractivity (Wildman–Crippen MR) is 62.1 cm³/mol. The number of aromatic nitrogens is 2. The van der Waals surface area contributed by atoms with Crippen molar-refractivity contribution < 1.29 is 13.6 Å². The lowest BCUT2D eigenvalue weighted by atomic mass is 10.3. The number of anilines is 1. The number of carbonyl (C=O) groups excluding carboxylic acids is 1. The second-order valence-corrected chi connectivity index (χ2v) is 4.35. The van der Waals surface area contributed by atoms with Crippen LogP contribution in [0.4, 0.5) is 14.5 Å². The summed E-state index contributed by atoms with van der Waals surface area (Å²) in [5.41, 5.74) is 5.21. The van der Waals surface area contributed by atoms with E-state index in [4.69, 9.17) is 5.73 Å². The lowest BCUT2D eigenvalue weighted by molar-refractivity contribution is 0.102. The summed E-state index contributed by atoms with van der Waals surface area (Å²) in [5, 5.41) is 10.1. The fraction of sp³-hybridized carbons (Fsp3) is 0.100. The van der Waals surface area contributed by atoms with Crippen LogP contribution in [0.5, 0.6) is 0 Å². The highest BCUT2D eigenvalue weighted by atomic mass is 32.1. The molecule has 0 aliphatic carbocycles. The Hall–Kier alpha value is -1.93. The van der Waals surface area contributed by atoms with E-state index in [2.05, 4.69) is 15.5 Å². The van der Waals surface area contributed by atoms with Crippen molar-refractivity contribution in [1.29, 1.82) is 0 Å². The number of carbonyl (C=O) groups is 1. The maximum atomic E-state index is 13.3. The molecule has 0 spiro atoms. The molecule has 3 N–H and O–H groups in total. The van der Waals surface area contributed by atoms with Gasteiger partial charge in [-0.2, -0.15) is 0 Å². The van der Waals surface area contributed by atoms with Gasteiger partial charge in [-0.15, -0.1) is 10.2 Å². The van der Waals surface area contributed by atoms with Crippen molar-refractivity contribution in [2.45, 2.75) is 6.54 Å². The number of benzene rings is 1. The van der Waals surface area contributed by atoms with Gasteiger partial charge in [-0.05, 0) is 12.1 Å². The molecule has 0 bridgehead atoms. The van der Waals surface area contributed by atoms with Crippen molar-refractivity contribution in [3.05, 3.63) is 39.8 Å². The Kier molecular flexibility index (Phi) is 3.58. The summed E-state index contributed by atoms with van der Waals surface area (Å²) in [5.74, 6) is -2.18. The minimum Gasteiger partial charge on any atom is -0.324 e. The maximum absolute atomic E-state index is 13.3. The molecule has 0 saturated carbocycles. The van der Waals surface area contributed by atoms with Gasteiger partial charge in [0.2, 0.25) is 5.01 Å². The molecule has 18 heavy (non-hydrogen) atoms. The van der Waals surface area contributed by atoms with Crippen molar-refractivity contribution in [3.63, 3.8) is 0 Å². The van der Waals surface area contributed by atoms with Gasteiger partial charge in [-0.3, -0.25) is 4.79 Å². The number of halogens is 2. The molecule has 5 nitrogen and oxygen atoms in total. The summed E-state index contributed by atoms with van der Waals surface area (Å²) >= 11 is 1.01. The van der Waals surface area contributed by atoms with Crippen molar-refractivity contribution in [2.24, 2.45) is 5.73 Å². The summed E-state index contributed by atoms with van der Waals surface area (Å²) in [6, 6.07) is 2.86. The molecule has 0 saturated heterocycles. The summed E-state index contributed by atoms with van der Waals surface area (Å²) in [4.78, 5) is 11.7. The van der Waals surface area contributed by atoms with E-state index in [0.717, 1.165) is 23.5 Å². The maximum Gasteiger partial charge on any atom is 0.286 e. The highest BCUT2D eigenvalue weighted by Gasteiger charge is 2.14. The molecular formula is C10H8F2N4OS. The normalized spacial score (nSPS) is 10.4. The zero-order chi connectivity index (χ0) is 13.1. The molecule has 2 aromatic rings. The fourth-order valence-electron chi connectivity index (χ4n) is 1.19. The van der Waals surface area contributed by atoms with Crippen molar-refractivity contribution in [3.8, 4) is 0 Å². The van der Waals surface area contributed by atoms with E-state index in [1.54, 1.807) is 0 Å². The van der Waals surface area contributed by atoms with Gasteiger partial charge in [-0.25, -0.2) is 8.78 Å². The first-order valence-electron chi connectivity index (χ1n) is 4.89. The number of amides is 1. The third kappa shape index (κ3) is 2.66. The first-order valence-corrected chi connectivity index (χ1v) is 5.70. The fourth-order valence-corrected chi connectivity index (χ4v) is 1.81. The van der Waals surface area contributed by atoms with Gasteiger partial charge in [0.05, 0.1) is 5.69 Å². The molecule has 0 fully saturated rings. The van der Waals surface area contributed by atoms with Crippen molar-refractivity contribution >= 4 is 22.9 Å². The number of nitrogens with two attached hydrogens (primary N) is 1. The summed E-state index contributed by atoms with van der Waals surface area (Å²) in [6.45, 7) is 0.176. The monoisotopic (exact) mass is 270 g/mol. The summed E-state index contributed by atoms with van der Waals surface area (Å²) in [6.07, 6.45) is 0. The number of hydrogen-bond acceptors (Lipinski definition) is 5. The van der Waals surface area contributed by atoms with Crippen LogP contribution in [0.1, 0.15) is 14.8 Å². The number of nitrogens with one attached hydrogen (secondary N) is 1. The van der Waals surface area contributed by atoms with E-state index in [-0.39, 0.29) is 17.2 Å². The summed E-state index contributed by atoms with van der Waals surface area (Å²) in [7, 11) is 0. The van der Waals surface area contributed by atoms with Crippen LogP contribution in [0, 0.1) is 11.6 Å². The van der Waals surface area contributed by atoms with E-state index < -0.39 is 17.5 Å². The smallest absolute Gasteiger partial charge is 0.286 e. The molecule has 2 rings (SSSR count). The Balaban J connectivity index is 2.16. The SMILES string of the molecule is NCc1nnc(C(=O)Nc2ccc(F)cc2F)s1. The van der Waals surface area contributed by atoms with E-state index in [9.17, 15) is 13.6 Å². The standard InChI is InChI=1S/C10H8F2N4OS/c11-5-1-2-7(6(12)3-5)14-9(17)10-16-15-8(4-13)18-10/h1-3H,4,13H2,(H,14,17). The Morgan fingerprint density at radius 1 is 1.39 bits per heavy atom. The first kappa shape index (κ1) is 12.5. The Bertz CT molecular complexity index is 587. The second kappa shape index (κ2) is 5.15. The quantitative estimate of drug-likeness (QED) is 0.886. The van der Waals surface area contributed by atoms with Crippen LogP contribution < -0.4 is 11.1 Å². The van der Waals surface area contributed by atoms with E-state index in [1.165, 1.54) is 0 Å². The lowest BCUT2D eigenvalue weighted by Gasteiger charge is -2.03. The molecule has 1 heterocycles. The lowest BCUT2D eigenvalue weighted by Crippen LogP contribution is -2.12. The van der Waals surface area contributed by atoms with Crippen molar-refractivity contribution in [1.82, 2.24) is 10.2 Å². The first-order chi connectivity index (χ1) is 8.60. The Morgan fingerprint density at radius 2 is 2.17 bits per heavy atom. The van der Waals surface area contributed by atoms with Crippen LogP contribution >= 0.6 is 11.3 Å². The highest BCUT2D eigenvalue weighted by Crippen LogP contribution is 2.17. The van der Waals surface area contributed by atoms with Crippen LogP contribution in [0.2, 0.25) is 0 Å². The molecule has 1 amide bonds. The van der Waals surface area contributed by atoms with Gasteiger partial charge in [0, 0.05) is 12.6 Å². The van der Waals surface area contributed by atoms with Crippen LogP contribution in [-0.4, -0.2) is 16.1 Å². The van der Waals surface area contributed by atoms with E-state index in [0.29, 0.717) is 11.1 Å². The molecule has 0 aliphatic rings. The molecule has 8 heteroatoms. The molecular weight excluding hydrogens is 262 g/mol. The third-order valence-corrected chi connectivity index (χ3v) is 2.96. The predicted octanol–water partition coefficient (Wildman–Crippen LogP) is 1.53. The molecule has 1 aromatic heterocycles.